The molecule has 0 aromatic heterocycles. The van der Waals surface area contributed by atoms with Crippen LogP contribution < -0.4 is 27.4 Å². The van der Waals surface area contributed by atoms with Crippen molar-refractivity contribution in [3.8, 4) is 0 Å². The van der Waals surface area contributed by atoms with Gasteiger partial charge in [0.05, 0.1) is 12.6 Å². The van der Waals surface area contributed by atoms with Crippen molar-refractivity contribution in [1.29, 1.82) is 0 Å². The van der Waals surface area contributed by atoms with E-state index in [1.54, 1.807) is 30.3 Å². The number of hydrogen-bond acceptors (Lipinski definition) is 8. The van der Waals surface area contributed by atoms with E-state index in [0.29, 0.717) is 5.56 Å². The predicted octanol–water partition coefficient (Wildman–Crippen LogP) is -2.72. The Morgan fingerprint density at radius 1 is 0.909 bits per heavy atom. The summed E-state index contributed by atoms with van der Waals surface area (Å²) in [4.78, 5) is 59.7. The van der Waals surface area contributed by atoms with Gasteiger partial charge in [-0.2, -0.15) is 12.6 Å². The molecule has 4 atom stereocenters. The van der Waals surface area contributed by atoms with Gasteiger partial charge in [0, 0.05) is 18.6 Å². The van der Waals surface area contributed by atoms with E-state index in [-0.39, 0.29) is 25.0 Å². The third kappa shape index (κ3) is 9.89. The molecule has 0 saturated carbocycles. The maximum atomic E-state index is 12.8. The molecular formula is C20H29N5O7S. The van der Waals surface area contributed by atoms with Crippen LogP contribution in [0.3, 0.4) is 0 Å². The summed E-state index contributed by atoms with van der Waals surface area (Å²) in [5.41, 5.74) is 11.4. The number of aliphatic hydroxyl groups is 1. The molecule has 0 aliphatic heterocycles. The average Bonchev–Trinajstić information content (AvgIpc) is 2.78. The highest BCUT2D eigenvalue weighted by Crippen LogP contribution is 2.05. The Kier molecular flexibility index (Phi) is 11.9. The molecule has 13 heteroatoms. The van der Waals surface area contributed by atoms with E-state index in [0.717, 1.165) is 0 Å². The van der Waals surface area contributed by atoms with Crippen LogP contribution in [0, 0.1) is 0 Å². The Bertz CT molecular complexity index is 839. The largest absolute Gasteiger partial charge is 0.480 e. The lowest BCUT2D eigenvalue weighted by molar-refractivity contribution is -0.143. The minimum atomic E-state index is -1.51. The molecule has 0 aliphatic carbocycles. The first-order valence-electron chi connectivity index (χ1n) is 10.0. The van der Waals surface area contributed by atoms with E-state index >= 15 is 0 Å². The molecule has 4 unspecified atom stereocenters. The molecule has 0 bridgehead atoms. The number of carboxylic acids is 1. The van der Waals surface area contributed by atoms with Gasteiger partial charge in [0.2, 0.25) is 23.6 Å². The van der Waals surface area contributed by atoms with Crippen LogP contribution in [-0.4, -0.2) is 76.3 Å². The lowest BCUT2D eigenvalue weighted by Crippen LogP contribution is -2.58. The zero-order valence-electron chi connectivity index (χ0n) is 17.8. The lowest BCUT2D eigenvalue weighted by atomic mass is 10.0. The molecule has 0 heterocycles. The highest BCUT2D eigenvalue weighted by atomic mass is 32.1. The second-order valence-electron chi connectivity index (χ2n) is 7.19. The fraction of sp³-hybridized carbons (Fsp3) is 0.450. The van der Waals surface area contributed by atoms with Crippen molar-refractivity contribution in [2.75, 3.05) is 12.4 Å². The summed E-state index contributed by atoms with van der Waals surface area (Å²) in [5.74, 6) is -4.54. The van der Waals surface area contributed by atoms with Crippen molar-refractivity contribution in [3.05, 3.63) is 35.9 Å². The minimum absolute atomic E-state index is 0.0368. The number of nitrogens with two attached hydrogens (primary N) is 2. The summed E-state index contributed by atoms with van der Waals surface area (Å²) < 4.78 is 0. The number of carboxylic acid groups (broad SMARTS) is 1. The molecule has 0 fully saturated rings. The third-order valence-corrected chi connectivity index (χ3v) is 4.95. The average molecular weight is 484 g/mol. The van der Waals surface area contributed by atoms with Crippen LogP contribution >= 0.6 is 12.6 Å². The molecule has 0 radical (unpaired) electrons. The van der Waals surface area contributed by atoms with Gasteiger partial charge in [-0.3, -0.25) is 19.2 Å². The zero-order chi connectivity index (χ0) is 25.0. The molecule has 0 aliphatic rings. The predicted molar refractivity (Wildman–Crippen MR) is 121 cm³/mol. The molecule has 1 rings (SSSR count). The van der Waals surface area contributed by atoms with Gasteiger partial charge in [-0.05, 0) is 12.0 Å². The number of aliphatic carboxylic acids is 1. The maximum absolute atomic E-state index is 12.8. The van der Waals surface area contributed by atoms with Crippen LogP contribution in [0.2, 0.25) is 0 Å². The van der Waals surface area contributed by atoms with Crippen molar-refractivity contribution in [3.63, 3.8) is 0 Å². The summed E-state index contributed by atoms with van der Waals surface area (Å²) in [6.45, 7) is -0.845. The van der Waals surface area contributed by atoms with Gasteiger partial charge in [0.25, 0.3) is 0 Å². The standard InChI is InChI=1S/C20H29N5O7S/c21-12(10-33)17(28)24-14(8-11-4-2-1-3-5-11)18(29)25-15(9-26)19(30)23-13(20(31)32)6-7-16(22)27/h1-5,12-15,26,33H,6-10,21H2,(H2,22,27)(H,23,30)(H,24,28)(H,25,29)(H,31,32). The molecule has 33 heavy (non-hydrogen) atoms. The molecule has 1 aromatic rings. The number of carbonyl (C=O) groups excluding carboxylic acids is 4. The smallest absolute Gasteiger partial charge is 0.326 e. The molecule has 182 valence electrons. The Morgan fingerprint density at radius 3 is 1.97 bits per heavy atom. The fourth-order valence-electron chi connectivity index (χ4n) is 2.70. The first kappa shape index (κ1) is 27.9. The summed E-state index contributed by atoms with van der Waals surface area (Å²) in [5, 5.41) is 25.7. The molecule has 12 nitrogen and oxygen atoms in total. The van der Waals surface area contributed by atoms with E-state index < -0.39 is 60.4 Å². The van der Waals surface area contributed by atoms with Crippen LogP contribution in [0.1, 0.15) is 18.4 Å². The van der Waals surface area contributed by atoms with Crippen LogP contribution in [0.5, 0.6) is 0 Å². The normalized spacial score (nSPS) is 14.3. The number of rotatable bonds is 14. The fourth-order valence-corrected chi connectivity index (χ4v) is 2.87. The van der Waals surface area contributed by atoms with E-state index in [4.69, 9.17) is 11.5 Å². The summed E-state index contributed by atoms with van der Waals surface area (Å²) in [6.07, 6.45) is -0.491. The summed E-state index contributed by atoms with van der Waals surface area (Å²) in [7, 11) is 0. The molecule has 4 amide bonds. The monoisotopic (exact) mass is 483 g/mol. The van der Waals surface area contributed by atoms with Crippen molar-refractivity contribution in [1.82, 2.24) is 16.0 Å². The number of benzene rings is 1. The Hall–Kier alpha value is -3.16. The highest BCUT2D eigenvalue weighted by molar-refractivity contribution is 7.80. The van der Waals surface area contributed by atoms with Crippen molar-refractivity contribution in [2.45, 2.75) is 43.4 Å². The van der Waals surface area contributed by atoms with Crippen molar-refractivity contribution < 1.29 is 34.2 Å². The van der Waals surface area contributed by atoms with Gasteiger partial charge in [-0.1, -0.05) is 30.3 Å². The van der Waals surface area contributed by atoms with E-state index in [1.807, 2.05) is 0 Å². The number of aliphatic hydroxyl groups excluding tert-OH is 1. The molecule has 9 N–H and O–H groups in total. The number of carbonyl (C=O) groups is 5. The summed E-state index contributed by atoms with van der Waals surface area (Å²) >= 11 is 3.95. The molecular weight excluding hydrogens is 454 g/mol. The van der Waals surface area contributed by atoms with Gasteiger partial charge in [-0.25, -0.2) is 4.79 Å². The van der Waals surface area contributed by atoms with Crippen LogP contribution in [-0.2, 0) is 30.4 Å². The SMILES string of the molecule is NC(=O)CCC(NC(=O)C(CO)NC(=O)C(Cc1ccccc1)NC(=O)C(N)CS)C(=O)O. The Labute approximate surface area is 195 Å². The van der Waals surface area contributed by atoms with Crippen LogP contribution in [0.4, 0.5) is 0 Å². The minimum Gasteiger partial charge on any atom is -0.480 e. The first-order valence-corrected chi connectivity index (χ1v) is 10.7. The second kappa shape index (κ2) is 14.1. The van der Waals surface area contributed by atoms with Gasteiger partial charge in [-0.15, -0.1) is 0 Å². The highest BCUT2D eigenvalue weighted by Gasteiger charge is 2.30. The van der Waals surface area contributed by atoms with Gasteiger partial charge in [0.1, 0.15) is 18.1 Å². The lowest BCUT2D eigenvalue weighted by Gasteiger charge is -2.24. The molecule has 0 spiro atoms. The number of hydrogen-bond donors (Lipinski definition) is 8. The first-order chi connectivity index (χ1) is 15.6. The number of amides is 4. The Morgan fingerprint density at radius 2 is 1.45 bits per heavy atom. The van der Waals surface area contributed by atoms with Crippen LogP contribution in [0.15, 0.2) is 30.3 Å². The molecule has 0 saturated heterocycles. The third-order valence-electron chi connectivity index (χ3n) is 4.56. The number of primary amides is 1. The summed E-state index contributed by atoms with van der Waals surface area (Å²) in [6, 6.07) is 3.65. The number of nitrogens with one attached hydrogen (secondary N) is 3. The second-order valence-corrected chi connectivity index (χ2v) is 7.55. The van der Waals surface area contributed by atoms with Crippen molar-refractivity contribution >= 4 is 42.2 Å². The quantitative estimate of drug-likeness (QED) is 0.130. The van der Waals surface area contributed by atoms with Gasteiger partial charge < -0.3 is 37.6 Å². The van der Waals surface area contributed by atoms with E-state index in [1.165, 1.54) is 0 Å². The Balaban J connectivity index is 2.93. The number of thiol groups is 1. The van der Waals surface area contributed by atoms with Crippen LogP contribution in [0.25, 0.3) is 0 Å². The van der Waals surface area contributed by atoms with E-state index in [9.17, 15) is 34.2 Å². The molecule has 1 aromatic carbocycles. The van der Waals surface area contributed by atoms with Gasteiger partial charge in [0.15, 0.2) is 0 Å². The maximum Gasteiger partial charge on any atom is 0.326 e. The topological polar surface area (TPSA) is 214 Å². The zero-order valence-corrected chi connectivity index (χ0v) is 18.7. The van der Waals surface area contributed by atoms with Crippen molar-refractivity contribution in [2.24, 2.45) is 11.5 Å². The van der Waals surface area contributed by atoms with E-state index in [2.05, 4.69) is 28.6 Å². The van der Waals surface area contributed by atoms with Gasteiger partial charge >= 0.3 is 5.97 Å².